The number of carbonyl (C=O) groups is 2. The van der Waals surface area contributed by atoms with Gasteiger partial charge in [0.05, 0.1) is 10.6 Å². The van der Waals surface area contributed by atoms with Gasteiger partial charge in [0.2, 0.25) is 11.8 Å². The third kappa shape index (κ3) is 7.64. The van der Waals surface area contributed by atoms with Crippen LogP contribution in [0.5, 0.6) is 0 Å². The minimum Gasteiger partial charge on any atom is -0.354 e. The van der Waals surface area contributed by atoms with E-state index in [4.69, 9.17) is 11.6 Å². The average Bonchev–Trinajstić information content (AvgIpc) is 2.91. The Balaban J connectivity index is 2.04. The summed E-state index contributed by atoms with van der Waals surface area (Å²) in [6.07, 6.45) is 1.73. The van der Waals surface area contributed by atoms with Gasteiger partial charge in [0.15, 0.2) is 0 Å². The van der Waals surface area contributed by atoms with Crippen molar-refractivity contribution in [2.24, 2.45) is 0 Å². The van der Waals surface area contributed by atoms with E-state index in [1.807, 2.05) is 39.8 Å². The van der Waals surface area contributed by atoms with Crippen molar-refractivity contribution in [2.75, 3.05) is 17.4 Å². The number of sulfonamides is 1. The monoisotopic (exact) mass is 583 g/mol. The summed E-state index contributed by atoms with van der Waals surface area (Å²) in [7, 11) is -4.12. The van der Waals surface area contributed by atoms with Crippen LogP contribution in [0.1, 0.15) is 48.9 Å². The molecule has 0 fully saturated rings. The van der Waals surface area contributed by atoms with E-state index in [2.05, 4.69) is 5.32 Å². The van der Waals surface area contributed by atoms with Gasteiger partial charge in [-0.15, -0.1) is 0 Å². The first kappa shape index (κ1) is 31.2. The third-order valence-corrected chi connectivity index (χ3v) is 8.95. The predicted molar refractivity (Wildman–Crippen MR) is 161 cm³/mol. The van der Waals surface area contributed by atoms with Crippen molar-refractivity contribution < 1.29 is 18.0 Å². The average molecular weight is 584 g/mol. The molecule has 0 aliphatic heterocycles. The molecule has 214 valence electrons. The quantitative estimate of drug-likeness (QED) is 0.273. The predicted octanol–water partition coefficient (Wildman–Crippen LogP) is 5.79. The highest BCUT2D eigenvalue weighted by molar-refractivity contribution is 7.92. The second-order valence-electron chi connectivity index (χ2n) is 10.0. The van der Waals surface area contributed by atoms with Crippen LogP contribution in [0.25, 0.3) is 0 Å². The molecule has 0 unspecified atom stereocenters. The minimum atomic E-state index is -4.12. The van der Waals surface area contributed by atoms with Gasteiger partial charge >= 0.3 is 0 Å². The molecule has 0 heterocycles. The number of hydrogen-bond donors (Lipinski definition) is 1. The summed E-state index contributed by atoms with van der Waals surface area (Å²) in [6.45, 7) is 9.33. The number of anilines is 1. The Morgan fingerprint density at radius 2 is 1.60 bits per heavy atom. The van der Waals surface area contributed by atoms with Gasteiger partial charge in [-0.2, -0.15) is 0 Å². The first-order valence-corrected chi connectivity index (χ1v) is 15.2. The number of rotatable bonds is 12. The molecule has 40 heavy (non-hydrogen) atoms. The third-order valence-electron chi connectivity index (χ3n) is 6.80. The van der Waals surface area contributed by atoms with Crippen LogP contribution in [0.2, 0.25) is 5.02 Å². The van der Waals surface area contributed by atoms with Crippen molar-refractivity contribution in [1.82, 2.24) is 10.2 Å². The molecule has 0 aliphatic rings. The molecule has 0 aromatic heterocycles. The highest BCUT2D eigenvalue weighted by atomic mass is 35.5. The topological polar surface area (TPSA) is 86.8 Å². The van der Waals surface area contributed by atoms with Crippen molar-refractivity contribution in [3.63, 3.8) is 0 Å². The number of nitrogens with zero attached hydrogens (tertiary/aromatic N) is 2. The Bertz CT molecular complexity index is 1440. The molecule has 7 nitrogen and oxygen atoms in total. The molecule has 0 bridgehead atoms. The molecule has 2 amide bonds. The number of unbranched alkanes of at least 4 members (excludes halogenated alkanes) is 1. The van der Waals surface area contributed by atoms with Crippen LogP contribution >= 0.6 is 11.6 Å². The van der Waals surface area contributed by atoms with Crippen molar-refractivity contribution in [3.05, 3.63) is 94.0 Å². The summed E-state index contributed by atoms with van der Waals surface area (Å²) < 4.78 is 29.1. The van der Waals surface area contributed by atoms with Crippen molar-refractivity contribution in [1.29, 1.82) is 0 Å². The first-order chi connectivity index (χ1) is 18.9. The lowest BCUT2D eigenvalue weighted by Crippen LogP contribution is -2.51. The van der Waals surface area contributed by atoms with E-state index in [9.17, 15) is 18.0 Å². The molecule has 0 aliphatic carbocycles. The molecule has 0 saturated carbocycles. The maximum Gasteiger partial charge on any atom is 0.264 e. The second kappa shape index (κ2) is 13.8. The van der Waals surface area contributed by atoms with E-state index in [1.54, 1.807) is 49.4 Å². The molecule has 0 spiro atoms. The number of halogens is 1. The zero-order chi connectivity index (χ0) is 29.4. The Kier molecular flexibility index (Phi) is 10.8. The van der Waals surface area contributed by atoms with Gasteiger partial charge < -0.3 is 10.2 Å². The summed E-state index contributed by atoms with van der Waals surface area (Å²) in [4.78, 5) is 28.6. The van der Waals surface area contributed by atoms with Crippen molar-refractivity contribution in [3.8, 4) is 0 Å². The molecule has 0 radical (unpaired) electrons. The van der Waals surface area contributed by atoms with Gasteiger partial charge in [0.25, 0.3) is 10.0 Å². The largest absolute Gasteiger partial charge is 0.354 e. The van der Waals surface area contributed by atoms with Gasteiger partial charge in [-0.3, -0.25) is 13.9 Å². The maximum atomic E-state index is 14.0. The van der Waals surface area contributed by atoms with E-state index >= 15 is 0 Å². The number of nitrogens with one attached hydrogen (secondary N) is 1. The number of carbonyl (C=O) groups excluding carboxylic acids is 2. The fourth-order valence-corrected chi connectivity index (χ4v) is 6.04. The smallest absolute Gasteiger partial charge is 0.264 e. The molecule has 9 heteroatoms. The van der Waals surface area contributed by atoms with Crippen molar-refractivity contribution >= 4 is 39.1 Å². The fourth-order valence-electron chi connectivity index (χ4n) is 4.36. The number of amides is 2. The SMILES string of the molecule is CCCCNC(=O)[C@@H](C)N(Cc1ccccc1Cl)C(=O)CN(c1ccc(C)cc1C)S(=O)(=O)c1ccc(C)cc1. The van der Waals surface area contributed by atoms with Gasteiger partial charge in [-0.25, -0.2) is 8.42 Å². The van der Waals surface area contributed by atoms with E-state index < -0.39 is 28.5 Å². The van der Waals surface area contributed by atoms with Gasteiger partial charge in [0, 0.05) is 18.1 Å². The Labute approximate surface area is 243 Å². The van der Waals surface area contributed by atoms with E-state index in [1.165, 1.54) is 17.0 Å². The Morgan fingerprint density at radius 1 is 0.950 bits per heavy atom. The summed E-state index contributed by atoms with van der Waals surface area (Å²) in [6, 6.07) is 18.2. The van der Waals surface area contributed by atoms with Crippen LogP contribution in [0.4, 0.5) is 5.69 Å². The second-order valence-corrected chi connectivity index (χ2v) is 12.3. The molecule has 3 aromatic rings. The number of benzene rings is 3. The van der Waals surface area contributed by atoms with Crippen molar-refractivity contribution in [2.45, 2.75) is 64.9 Å². The molecular weight excluding hydrogens is 546 g/mol. The van der Waals surface area contributed by atoms with Crippen LogP contribution in [0.3, 0.4) is 0 Å². The lowest BCUT2D eigenvalue weighted by atomic mass is 10.1. The summed E-state index contributed by atoms with van der Waals surface area (Å²) in [5.41, 5.74) is 3.66. The lowest BCUT2D eigenvalue weighted by molar-refractivity contribution is -0.139. The van der Waals surface area contributed by atoms with Gasteiger partial charge in [-0.1, -0.05) is 78.5 Å². The highest BCUT2D eigenvalue weighted by Crippen LogP contribution is 2.29. The van der Waals surface area contributed by atoms with Crippen LogP contribution in [0, 0.1) is 20.8 Å². The Hall–Kier alpha value is -3.36. The number of aryl methyl sites for hydroxylation is 3. The Morgan fingerprint density at radius 3 is 2.23 bits per heavy atom. The van der Waals surface area contributed by atoms with Crippen LogP contribution in [-0.4, -0.2) is 44.3 Å². The summed E-state index contributed by atoms with van der Waals surface area (Å²) >= 11 is 6.42. The highest BCUT2D eigenvalue weighted by Gasteiger charge is 2.33. The van der Waals surface area contributed by atoms with Crippen LogP contribution in [0.15, 0.2) is 71.6 Å². The normalized spacial score (nSPS) is 12.1. The van der Waals surface area contributed by atoms with Gasteiger partial charge in [0.1, 0.15) is 12.6 Å². The van der Waals surface area contributed by atoms with E-state index in [0.717, 1.165) is 28.3 Å². The van der Waals surface area contributed by atoms with Gasteiger partial charge in [-0.05, 0) is 69.5 Å². The lowest BCUT2D eigenvalue weighted by Gasteiger charge is -2.32. The van der Waals surface area contributed by atoms with Crippen LogP contribution < -0.4 is 9.62 Å². The minimum absolute atomic E-state index is 0.0478. The fraction of sp³-hybridized carbons (Fsp3) is 0.355. The summed E-state index contributed by atoms with van der Waals surface area (Å²) in [5.74, 6) is -0.831. The molecule has 0 saturated heterocycles. The zero-order valence-corrected chi connectivity index (χ0v) is 25.3. The maximum absolute atomic E-state index is 14.0. The molecule has 3 aromatic carbocycles. The van der Waals surface area contributed by atoms with E-state index in [0.29, 0.717) is 28.4 Å². The number of hydrogen-bond acceptors (Lipinski definition) is 4. The van der Waals surface area contributed by atoms with Crippen LogP contribution in [-0.2, 0) is 26.2 Å². The molecule has 1 N–H and O–H groups in total. The standard InChI is InChI=1S/C31H38ClN3O4S/c1-6-7-18-33-31(37)25(5)34(20-26-10-8-9-11-28(26)32)30(36)21-35(29-17-14-23(3)19-24(29)4)40(38,39)27-15-12-22(2)13-16-27/h8-17,19,25H,6-7,18,20-21H2,1-5H3,(H,33,37)/t25-/m1/s1. The molecular formula is C31H38ClN3O4S. The van der Waals surface area contributed by atoms with E-state index in [-0.39, 0.29) is 17.3 Å². The first-order valence-electron chi connectivity index (χ1n) is 13.4. The summed E-state index contributed by atoms with van der Waals surface area (Å²) in [5, 5.41) is 3.34. The molecule has 3 rings (SSSR count). The zero-order valence-electron chi connectivity index (χ0n) is 23.8. The molecule has 1 atom stereocenters.